The van der Waals surface area contributed by atoms with Crippen LogP contribution >= 0.6 is 11.3 Å². The Hall–Kier alpha value is -5.06. The van der Waals surface area contributed by atoms with Gasteiger partial charge in [0.05, 0.1) is 17.3 Å². The highest BCUT2D eigenvalue weighted by Crippen LogP contribution is 2.30. The van der Waals surface area contributed by atoms with E-state index < -0.39 is 0 Å². The maximum absolute atomic E-state index is 11.5. The number of terminal acetylenes is 1. The van der Waals surface area contributed by atoms with E-state index in [9.17, 15) is 9.59 Å². The highest BCUT2D eigenvalue weighted by Gasteiger charge is 2.19. The maximum atomic E-state index is 11.5. The number of ether oxygens (including phenoxy) is 1. The number of aromatic nitrogens is 2. The van der Waals surface area contributed by atoms with Gasteiger partial charge in [-0.05, 0) is 85.5 Å². The summed E-state index contributed by atoms with van der Waals surface area (Å²) in [7, 11) is 0. The molecule has 0 bridgehead atoms. The van der Waals surface area contributed by atoms with Gasteiger partial charge in [-0.2, -0.15) is 0 Å². The lowest BCUT2D eigenvalue weighted by molar-refractivity contribution is -0.116. The van der Waals surface area contributed by atoms with E-state index in [0.717, 1.165) is 27.6 Å². The molecule has 0 saturated carbocycles. The van der Waals surface area contributed by atoms with E-state index in [1.807, 2.05) is 51.2 Å². The molecule has 0 radical (unpaired) electrons. The second-order valence-electron chi connectivity index (χ2n) is 14.6. The quantitative estimate of drug-likeness (QED) is 0.113. The molecule has 0 aliphatic heterocycles. The fourth-order valence-corrected chi connectivity index (χ4v) is 6.63. The average molecular weight is 760 g/mol. The number of carbonyl (C=O) groups is 2. The molecular weight excluding hydrogens is 699 g/mol. The fraction of sp³-hybridized carbons (Fsp3) is 0.375. The zero-order valence-electron chi connectivity index (χ0n) is 34.7. The van der Waals surface area contributed by atoms with Gasteiger partial charge in [0.25, 0.3) is 0 Å². The average Bonchev–Trinajstić information content (AvgIpc) is 3.55. The normalized spacial score (nSPS) is 10.9. The lowest BCUT2D eigenvalue weighted by atomic mass is 9.85. The van der Waals surface area contributed by atoms with Gasteiger partial charge in [-0.25, -0.2) is 9.78 Å². The molecule has 6 nitrogen and oxygen atoms in total. The van der Waals surface area contributed by atoms with E-state index >= 15 is 0 Å². The van der Waals surface area contributed by atoms with Crippen LogP contribution in [-0.2, 0) is 9.53 Å². The van der Waals surface area contributed by atoms with Crippen molar-refractivity contribution in [1.29, 1.82) is 0 Å². The van der Waals surface area contributed by atoms with Crippen LogP contribution in [0.4, 0.5) is 5.69 Å². The molecule has 292 valence electrons. The Morgan fingerprint density at radius 1 is 0.818 bits per heavy atom. The number of hydrogen-bond acceptors (Lipinski definition) is 6. The van der Waals surface area contributed by atoms with Crippen molar-refractivity contribution >= 4 is 28.9 Å². The zero-order valence-corrected chi connectivity index (χ0v) is 35.5. The van der Waals surface area contributed by atoms with E-state index in [-0.39, 0.29) is 11.9 Å². The molecule has 5 rings (SSSR count). The number of rotatable bonds is 10. The van der Waals surface area contributed by atoms with Crippen LogP contribution in [0.3, 0.4) is 0 Å². The predicted molar refractivity (Wildman–Crippen MR) is 232 cm³/mol. The van der Waals surface area contributed by atoms with Crippen molar-refractivity contribution in [3.05, 3.63) is 147 Å². The summed E-state index contributed by atoms with van der Waals surface area (Å²) < 4.78 is 4.93. The van der Waals surface area contributed by atoms with Crippen molar-refractivity contribution in [3.63, 3.8) is 0 Å². The van der Waals surface area contributed by atoms with Gasteiger partial charge in [0.2, 0.25) is 5.91 Å². The molecule has 0 spiro atoms. The van der Waals surface area contributed by atoms with Gasteiger partial charge in [-0.15, -0.1) is 17.8 Å². The predicted octanol–water partition coefficient (Wildman–Crippen LogP) is 12.4. The van der Waals surface area contributed by atoms with Crippen molar-refractivity contribution in [2.45, 2.75) is 100 Å². The number of amides is 1. The van der Waals surface area contributed by atoms with Crippen LogP contribution in [0.15, 0.2) is 103 Å². The second kappa shape index (κ2) is 24.4. The number of nitrogens with one attached hydrogen (secondary N) is 1. The molecule has 1 amide bonds. The van der Waals surface area contributed by atoms with E-state index in [2.05, 4.69) is 136 Å². The molecule has 2 heterocycles. The lowest BCUT2D eigenvalue weighted by Crippen LogP contribution is -2.13. The van der Waals surface area contributed by atoms with Gasteiger partial charge in [-0.1, -0.05) is 128 Å². The number of carbonyl (C=O) groups excluding carboxylic acids is 2. The number of pyridine rings is 1. The van der Waals surface area contributed by atoms with Crippen LogP contribution in [0.5, 0.6) is 0 Å². The number of nitrogens with zero attached hydrogens (tertiary/aromatic N) is 2. The Kier molecular flexibility index (Phi) is 20.4. The van der Waals surface area contributed by atoms with Gasteiger partial charge in [0.1, 0.15) is 4.88 Å². The third-order valence-corrected chi connectivity index (χ3v) is 9.75. The summed E-state index contributed by atoms with van der Waals surface area (Å²) in [5.41, 5.74) is 7.67. The molecule has 1 unspecified atom stereocenters. The number of thiazole rings is 1. The molecule has 0 fully saturated rings. The van der Waals surface area contributed by atoms with Gasteiger partial charge in [-0.3, -0.25) is 9.78 Å². The first-order chi connectivity index (χ1) is 26.2. The SMILES string of the molecule is C#Cc1cccc(NC(=O)CC(C)C)c1.CC(C)C(c1ccccc1)c1ccccn1.CCOC(=O)c1sc(C(C)C)nc1C.Cc1ccccc1C(C)C. The molecule has 1 atom stereocenters. The Morgan fingerprint density at radius 2 is 1.47 bits per heavy atom. The summed E-state index contributed by atoms with van der Waals surface area (Å²) in [6.07, 6.45) is 7.66. The number of hydrogen-bond donors (Lipinski definition) is 1. The smallest absolute Gasteiger partial charge is 0.350 e. The third kappa shape index (κ3) is 16.5. The van der Waals surface area contributed by atoms with Crippen LogP contribution in [0.1, 0.15) is 135 Å². The number of benzene rings is 3. The molecule has 1 N–H and O–H groups in total. The largest absolute Gasteiger partial charge is 0.462 e. The Labute approximate surface area is 335 Å². The second-order valence-corrected chi connectivity index (χ2v) is 15.6. The molecule has 7 heteroatoms. The number of anilines is 1. The standard InChI is InChI=1S/C15H17N.C13H15NO.C10H15NO2S.C10H14/c1-12(2)15(13-8-4-3-5-9-13)14-10-6-7-11-16-14;1-4-11-6-5-7-12(9-11)14-13(15)8-10(2)3;1-5-13-10(12)8-7(4)11-9(14-8)6(2)3;1-8(2)10-7-5-4-6-9(10)3/h3-12,15H,1-2H3;1,5-7,9-10H,8H2,2-3H3,(H,14,15);6H,5H2,1-4H3;4-8H,1-3H3. The van der Waals surface area contributed by atoms with Gasteiger partial charge < -0.3 is 10.1 Å². The summed E-state index contributed by atoms with van der Waals surface area (Å²) in [5, 5.41) is 3.80. The first kappa shape index (κ1) is 46.1. The molecule has 2 aromatic heterocycles. The number of aryl methyl sites for hydroxylation is 2. The zero-order chi connectivity index (χ0) is 40.9. The molecule has 3 aromatic carbocycles. The summed E-state index contributed by atoms with van der Waals surface area (Å²) in [6, 6.07) is 32.6. The summed E-state index contributed by atoms with van der Waals surface area (Å²) in [6.45, 7) is 23.3. The van der Waals surface area contributed by atoms with Gasteiger partial charge >= 0.3 is 5.97 Å². The first-order valence-corrected chi connectivity index (χ1v) is 20.0. The fourth-order valence-electron chi connectivity index (χ4n) is 5.67. The van der Waals surface area contributed by atoms with Gasteiger partial charge in [0, 0.05) is 41.4 Å². The summed E-state index contributed by atoms with van der Waals surface area (Å²) >= 11 is 1.43. The minimum absolute atomic E-state index is 0.0270. The van der Waals surface area contributed by atoms with E-state index in [0.29, 0.717) is 47.5 Å². The molecule has 0 saturated heterocycles. The maximum Gasteiger partial charge on any atom is 0.350 e. The molecule has 0 aliphatic rings. The van der Waals surface area contributed by atoms with Crippen molar-refractivity contribution < 1.29 is 14.3 Å². The van der Waals surface area contributed by atoms with Crippen molar-refractivity contribution in [3.8, 4) is 12.3 Å². The summed E-state index contributed by atoms with van der Waals surface area (Å²) in [5.74, 6) is 4.62. The summed E-state index contributed by atoms with van der Waals surface area (Å²) in [4.78, 5) is 32.4. The minimum atomic E-state index is -0.255. The first-order valence-electron chi connectivity index (χ1n) is 19.2. The van der Waals surface area contributed by atoms with E-state index in [1.165, 1.54) is 28.0 Å². The Bertz CT molecular complexity index is 1870. The lowest BCUT2D eigenvalue weighted by Gasteiger charge is -2.20. The minimum Gasteiger partial charge on any atom is -0.462 e. The molecular formula is C48H61N3O3S. The van der Waals surface area contributed by atoms with Crippen molar-refractivity contribution in [1.82, 2.24) is 9.97 Å². The number of esters is 1. The van der Waals surface area contributed by atoms with Crippen LogP contribution in [0.25, 0.3) is 0 Å². The van der Waals surface area contributed by atoms with Crippen LogP contribution in [0.2, 0.25) is 0 Å². The molecule has 0 aliphatic carbocycles. The third-order valence-electron chi connectivity index (χ3n) is 8.32. The Morgan fingerprint density at radius 3 is 1.98 bits per heavy atom. The van der Waals surface area contributed by atoms with Crippen molar-refractivity contribution in [2.24, 2.45) is 11.8 Å². The van der Waals surface area contributed by atoms with Crippen molar-refractivity contribution in [2.75, 3.05) is 11.9 Å². The van der Waals surface area contributed by atoms with E-state index in [4.69, 9.17) is 11.2 Å². The molecule has 55 heavy (non-hydrogen) atoms. The topological polar surface area (TPSA) is 81.2 Å². The Balaban J connectivity index is 0.000000257. The monoisotopic (exact) mass is 759 g/mol. The van der Waals surface area contributed by atoms with E-state index in [1.54, 1.807) is 13.0 Å². The van der Waals surface area contributed by atoms with Gasteiger partial charge in [0.15, 0.2) is 0 Å². The molecule has 5 aromatic rings. The van der Waals surface area contributed by atoms with Crippen LogP contribution in [0, 0.1) is 38.0 Å². The highest BCUT2D eigenvalue weighted by molar-refractivity contribution is 7.13. The van der Waals surface area contributed by atoms with Crippen LogP contribution < -0.4 is 5.32 Å². The highest BCUT2D eigenvalue weighted by atomic mass is 32.1. The van der Waals surface area contributed by atoms with Crippen LogP contribution in [-0.4, -0.2) is 28.5 Å².